The van der Waals surface area contributed by atoms with Crippen molar-refractivity contribution in [2.24, 2.45) is 0 Å². The Morgan fingerprint density at radius 2 is 1.65 bits per heavy atom. The Labute approximate surface area is 149 Å². The number of alkyl halides is 3. The minimum Gasteiger partial charge on any atom is -0.481 e. The topological polar surface area (TPSA) is 66.8 Å². The highest BCUT2D eigenvalue weighted by molar-refractivity contribution is 5.83. The van der Waals surface area contributed by atoms with E-state index in [2.05, 4.69) is 0 Å². The molecule has 1 saturated heterocycles. The molecule has 0 bridgehead atoms. The molecule has 2 rings (SSSR count). The maximum Gasteiger partial charge on any atom is 0.416 e. The number of likely N-dealkylation sites (tertiary alicyclic amines) is 1. The van der Waals surface area contributed by atoms with Crippen LogP contribution >= 0.6 is 0 Å². The highest BCUT2D eigenvalue weighted by Gasteiger charge is 2.48. The molecule has 1 aliphatic heterocycles. The van der Waals surface area contributed by atoms with Crippen molar-refractivity contribution in [1.29, 1.82) is 0 Å². The Bertz CT molecular complexity index is 686. The third-order valence-corrected chi connectivity index (χ3v) is 4.43. The van der Waals surface area contributed by atoms with Gasteiger partial charge in [0.15, 0.2) is 0 Å². The van der Waals surface area contributed by atoms with E-state index in [-0.39, 0.29) is 31.5 Å². The first-order valence-electron chi connectivity index (χ1n) is 8.25. The van der Waals surface area contributed by atoms with Crippen molar-refractivity contribution in [3.8, 4) is 0 Å². The first-order valence-corrected chi connectivity index (χ1v) is 8.25. The lowest BCUT2D eigenvalue weighted by Crippen LogP contribution is -2.50. The van der Waals surface area contributed by atoms with Gasteiger partial charge >= 0.3 is 18.2 Å². The summed E-state index contributed by atoms with van der Waals surface area (Å²) in [5, 5.41) is 9.74. The lowest BCUT2D eigenvalue weighted by Gasteiger charge is -2.40. The molecule has 5 nitrogen and oxygen atoms in total. The zero-order chi connectivity index (χ0) is 19.8. The van der Waals surface area contributed by atoms with Gasteiger partial charge in [0.1, 0.15) is 5.60 Å². The minimum atomic E-state index is -4.65. The molecule has 0 aliphatic carbocycles. The lowest BCUT2D eigenvalue weighted by atomic mass is 9.71. The fourth-order valence-electron chi connectivity index (χ4n) is 3.14. The van der Waals surface area contributed by atoms with Crippen molar-refractivity contribution in [3.63, 3.8) is 0 Å². The summed E-state index contributed by atoms with van der Waals surface area (Å²) in [4.78, 5) is 25.4. The van der Waals surface area contributed by atoms with E-state index in [1.165, 1.54) is 23.1 Å². The van der Waals surface area contributed by atoms with Crippen molar-refractivity contribution in [2.75, 3.05) is 13.1 Å². The summed E-state index contributed by atoms with van der Waals surface area (Å²) < 4.78 is 45.3. The van der Waals surface area contributed by atoms with E-state index in [1.807, 2.05) is 0 Å². The van der Waals surface area contributed by atoms with E-state index >= 15 is 0 Å². The summed E-state index contributed by atoms with van der Waals surface area (Å²) in [6, 6.07) is 4.73. The molecule has 0 unspecified atom stereocenters. The number of carboxylic acids is 1. The molecule has 1 amide bonds. The van der Waals surface area contributed by atoms with Gasteiger partial charge in [-0.3, -0.25) is 4.79 Å². The Balaban J connectivity index is 2.31. The highest BCUT2D eigenvalue weighted by Crippen LogP contribution is 2.43. The number of ether oxygens (including phenoxy) is 1. The molecule has 0 spiro atoms. The van der Waals surface area contributed by atoms with Gasteiger partial charge in [0.2, 0.25) is 0 Å². The molecule has 1 heterocycles. The van der Waals surface area contributed by atoms with Crippen molar-refractivity contribution < 1.29 is 32.6 Å². The molecule has 1 N–H and O–H groups in total. The van der Waals surface area contributed by atoms with Crippen LogP contribution in [0.5, 0.6) is 0 Å². The second-order valence-electron chi connectivity index (χ2n) is 7.40. The number of amides is 1. The Kier molecular flexibility index (Phi) is 5.26. The number of carbonyl (C=O) groups excluding carboxylic acids is 1. The quantitative estimate of drug-likeness (QED) is 0.849. The van der Waals surface area contributed by atoms with E-state index in [0.717, 1.165) is 6.07 Å². The monoisotopic (exact) mass is 373 g/mol. The van der Waals surface area contributed by atoms with Gasteiger partial charge in [0.05, 0.1) is 11.0 Å². The molecule has 8 heteroatoms. The van der Waals surface area contributed by atoms with Crippen molar-refractivity contribution in [1.82, 2.24) is 4.90 Å². The molecule has 1 aromatic rings. The van der Waals surface area contributed by atoms with Gasteiger partial charge in [-0.1, -0.05) is 18.2 Å². The molecule has 144 valence electrons. The van der Waals surface area contributed by atoms with Crippen LogP contribution in [0.15, 0.2) is 24.3 Å². The van der Waals surface area contributed by atoms with E-state index in [1.54, 1.807) is 20.8 Å². The van der Waals surface area contributed by atoms with E-state index < -0.39 is 34.8 Å². The van der Waals surface area contributed by atoms with Crippen LogP contribution in [0, 0.1) is 0 Å². The third-order valence-electron chi connectivity index (χ3n) is 4.43. The molecule has 1 aliphatic rings. The summed E-state index contributed by atoms with van der Waals surface area (Å²) in [5.74, 6) is -1.32. The Morgan fingerprint density at radius 1 is 1.12 bits per heavy atom. The summed E-state index contributed by atoms with van der Waals surface area (Å²) in [5.41, 5.74) is -3.61. The number of piperidine rings is 1. The lowest BCUT2D eigenvalue weighted by molar-refractivity contribution is -0.148. The molecule has 0 saturated carbocycles. The average molecular weight is 373 g/mol. The van der Waals surface area contributed by atoms with Crippen LogP contribution in [0.4, 0.5) is 18.0 Å². The number of nitrogens with zero attached hydrogens (tertiary/aromatic N) is 1. The number of hydrogen-bond acceptors (Lipinski definition) is 3. The van der Waals surface area contributed by atoms with Gasteiger partial charge in [-0.25, -0.2) is 4.79 Å². The molecule has 0 aromatic heterocycles. The largest absolute Gasteiger partial charge is 0.481 e. The van der Waals surface area contributed by atoms with Gasteiger partial charge in [-0.05, 0) is 45.2 Å². The third kappa shape index (κ3) is 4.11. The predicted octanol–water partition coefficient (Wildman–Crippen LogP) is 4.06. The summed E-state index contributed by atoms with van der Waals surface area (Å²) in [6.07, 6.45) is -5.48. The molecule has 26 heavy (non-hydrogen) atoms. The second-order valence-corrected chi connectivity index (χ2v) is 7.40. The zero-order valence-electron chi connectivity index (χ0n) is 14.9. The fourth-order valence-corrected chi connectivity index (χ4v) is 3.14. The predicted molar refractivity (Wildman–Crippen MR) is 87.8 cm³/mol. The second kappa shape index (κ2) is 6.81. The molecule has 0 atom stereocenters. The van der Waals surface area contributed by atoms with Crippen LogP contribution in [0.1, 0.15) is 44.7 Å². The summed E-state index contributed by atoms with van der Waals surface area (Å²) in [6.45, 7) is 5.13. The summed E-state index contributed by atoms with van der Waals surface area (Å²) in [7, 11) is 0. The number of aliphatic carboxylic acids is 1. The van der Waals surface area contributed by atoms with Crippen molar-refractivity contribution in [2.45, 2.75) is 50.8 Å². The first-order chi connectivity index (χ1) is 11.9. The van der Waals surface area contributed by atoms with Crippen LogP contribution in [-0.2, 0) is 21.1 Å². The molecule has 0 radical (unpaired) electrons. The minimum absolute atomic E-state index is 0.00735. The maximum atomic E-state index is 13.3. The SMILES string of the molecule is CC(C)(C)OC(=O)N1CCC(C(=O)O)(c2ccccc2C(F)(F)F)CC1. The molecule has 1 fully saturated rings. The first kappa shape index (κ1) is 20.1. The molecule has 1 aromatic carbocycles. The number of carboxylic acid groups (broad SMARTS) is 1. The standard InChI is InChI=1S/C18H22F3NO4/c1-16(2,3)26-15(25)22-10-8-17(9-11-22,14(23)24)12-6-4-5-7-13(12)18(19,20)21/h4-7H,8-11H2,1-3H3,(H,23,24). The number of carbonyl (C=O) groups is 2. The van der Waals surface area contributed by atoms with E-state index in [9.17, 15) is 27.9 Å². The van der Waals surface area contributed by atoms with Crippen molar-refractivity contribution >= 4 is 12.1 Å². The van der Waals surface area contributed by atoms with Crippen LogP contribution in [0.25, 0.3) is 0 Å². The Hall–Kier alpha value is -2.25. The average Bonchev–Trinajstić information content (AvgIpc) is 2.52. The van der Waals surface area contributed by atoms with Crippen molar-refractivity contribution in [3.05, 3.63) is 35.4 Å². The fraction of sp³-hybridized carbons (Fsp3) is 0.556. The number of halogens is 3. The molecular weight excluding hydrogens is 351 g/mol. The van der Waals surface area contributed by atoms with Crippen LogP contribution in [0.2, 0.25) is 0 Å². The number of benzene rings is 1. The highest BCUT2D eigenvalue weighted by atomic mass is 19.4. The van der Waals surface area contributed by atoms with Gasteiger partial charge in [-0.15, -0.1) is 0 Å². The van der Waals surface area contributed by atoms with Crippen LogP contribution in [0.3, 0.4) is 0 Å². The maximum absolute atomic E-state index is 13.3. The van der Waals surface area contributed by atoms with Gasteiger partial charge in [-0.2, -0.15) is 13.2 Å². The normalized spacial score (nSPS) is 17.7. The smallest absolute Gasteiger partial charge is 0.416 e. The Morgan fingerprint density at radius 3 is 2.12 bits per heavy atom. The summed E-state index contributed by atoms with van der Waals surface area (Å²) >= 11 is 0. The van der Waals surface area contributed by atoms with Gasteiger partial charge < -0.3 is 14.7 Å². The van der Waals surface area contributed by atoms with Crippen LogP contribution < -0.4 is 0 Å². The van der Waals surface area contributed by atoms with Gasteiger partial charge in [0, 0.05) is 13.1 Å². The zero-order valence-corrected chi connectivity index (χ0v) is 14.9. The van der Waals surface area contributed by atoms with E-state index in [0.29, 0.717) is 0 Å². The van der Waals surface area contributed by atoms with Gasteiger partial charge in [0.25, 0.3) is 0 Å². The van der Waals surface area contributed by atoms with E-state index in [4.69, 9.17) is 4.74 Å². The molecular formula is C18H22F3NO4. The number of rotatable bonds is 2. The number of hydrogen-bond donors (Lipinski definition) is 1. The van der Waals surface area contributed by atoms with Crippen LogP contribution in [-0.4, -0.2) is 40.8 Å².